The van der Waals surface area contributed by atoms with Gasteiger partial charge in [-0.3, -0.25) is 4.79 Å². The number of likely N-dealkylation sites (tertiary alicyclic amines) is 1. The number of hydrogen-bond acceptors (Lipinski definition) is 4. The highest BCUT2D eigenvalue weighted by Gasteiger charge is 2.33. The van der Waals surface area contributed by atoms with Gasteiger partial charge < -0.3 is 19.9 Å². The molecule has 0 bridgehead atoms. The van der Waals surface area contributed by atoms with E-state index in [1.165, 1.54) is 11.3 Å². The average molecular weight is 439 g/mol. The molecule has 1 aromatic rings. The topological polar surface area (TPSA) is 57.2 Å². The Bertz CT molecular complexity index is 698. The van der Waals surface area contributed by atoms with E-state index >= 15 is 0 Å². The van der Waals surface area contributed by atoms with Crippen LogP contribution in [0.4, 0.5) is 0 Å². The zero-order valence-electron chi connectivity index (χ0n) is 17.3. The molecule has 1 aromatic carbocycles. The van der Waals surface area contributed by atoms with Crippen LogP contribution in [0, 0.1) is 5.92 Å². The van der Waals surface area contributed by atoms with E-state index < -0.39 is 0 Å². The molecule has 29 heavy (non-hydrogen) atoms. The van der Waals surface area contributed by atoms with Crippen molar-refractivity contribution < 1.29 is 9.53 Å². The van der Waals surface area contributed by atoms with Crippen molar-refractivity contribution in [3.63, 3.8) is 0 Å². The van der Waals surface area contributed by atoms with E-state index in [1.807, 2.05) is 24.3 Å². The number of halogens is 1. The maximum atomic E-state index is 12.0. The van der Waals surface area contributed by atoms with Gasteiger partial charge in [0.2, 0.25) is 5.91 Å². The Hall–Kier alpha value is -1.44. The van der Waals surface area contributed by atoms with Gasteiger partial charge in [0.05, 0.1) is 6.10 Å². The van der Waals surface area contributed by atoms with Gasteiger partial charge in [0.25, 0.3) is 0 Å². The number of benzene rings is 1. The van der Waals surface area contributed by atoms with Crippen LogP contribution in [-0.4, -0.2) is 80.4 Å². The van der Waals surface area contributed by atoms with Crippen molar-refractivity contribution in [3.8, 4) is 0 Å². The predicted octanol–water partition coefficient (Wildman–Crippen LogP) is 2.97. The van der Waals surface area contributed by atoms with Gasteiger partial charge >= 0.3 is 0 Å². The number of amides is 1. The van der Waals surface area contributed by atoms with Crippen LogP contribution in [0.25, 0.3) is 0 Å². The molecular weight excluding hydrogens is 408 g/mol. The Balaban J connectivity index is 1.56. The monoisotopic (exact) mass is 438 g/mol. The number of carbonyl (C=O) groups excluding carboxylic acids is 1. The summed E-state index contributed by atoms with van der Waals surface area (Å²) in [5.41, 5.74) is 0. The summed E-state index contributed by atoms with van der Waals surface area (Å²) in [4.78, 5) is 21.7. The molecule has 0 spiro atoms. The van der Waals surface area contributed by atoms with E-state index in [-0.39, 0.29) is 12.5 Å². The number of thioether (sulfide) groups is 1. The van der Waals surface area contributed by atoms with E-state index in [0.29, 0.717) is 12.0 Å². The van der Waals surface area contributed by atoms with Gasteiger partial charge in [-0.15, -0.1) is 11.8 Å². The minimum Gasteiger partial charge on any atom is -0.378 e. The highest BCUT2D eigenvalue weighted by atomic mass is 35.5. The molecular formula is C21H31ClN4O2S. The molecule has 2 heterocycles. The maximum absolute atomic E-state index is 12.0. The normalized spacial score (nSPS) is 22.2. The lowest BCUT2D eigenvalue weighted by Gasteiger charge is -2.42. The van der Waals surface area contributed by atoms with Gasteiger partial charge in [-0.25, -0.2) is 4.99 Å². The van der Waals surface area contributed by atoms with Crippen molar-refractivity contribution >= 4 is 35.2 Å². The zero-order valence-corrected chi connectivity index (χ0v) is 18.8. The average Bonchev–Trinajstić information content (AvgIpc) is 2.73. The fourth-order valence-electron chi connectivity index (χ4n) is 3.69. The number of nitrogens with zero attached hydrogens (tertiary/aromatic N) is 3. The van der Waals surface area contributed by atoms with Crippen LogP contribution in [0.5, 0.6) is 0 Å². The smallest absolute Gasteiger partial charge is 0.243 e. The number of carbonyl (C=O) groups is 1. The summed E-state index contributed by atoms with van der Waals surface area (Å²) in [6.45, 7) is 3.69. The Labute approximate surface area is 183 Å². The molecule has 3 rings (SSSR count). The van der Waals surface area contributed by atoms with Gasteiger partial charge in [-0.2, -0.15) is 0 Å². The van der Waals surface area contributed by atoms with Gasteiger partial charge in [-0.1, -0.05) is 11.6 Å². The summed E-state index contributed by atoms with van der Waals surface area (Å²) in [5, 5.41) is 4.23. The fourth-order valence-corrected chi connectivity index (χ4v) is 4.59. The summed E-state index contributed by atoms with van der Waals surface area (Å²) in [7, 11) is 3.52. The molecule has 2 aliphatic heterocycles. The molecule has 1 N–H and O–H groups in total. The Morgan fingerprint density at radius 3 is 2.90 bits per heavy atom. The standard InChI is InChI=1S/C21H31ClN4O2S/c1-25(2)20(27)14-24-21(23-10-13-29-18-7-5-17(22)6-8-18)26-11-9-19-16(15-26)4-3-12-28-19/h5-8,16,19H,3-4,9-15H2,1-2H3,(H,23,24). The molecule has 6 nitrogen and oxygen atoms in total. The number of fused-ring (bicyclic) bond motifs is 1. The summed E-state index contributed by atoms with van der Waals surface area (Å²) in [6.07, 6.45) is 3.74. The van der Waals surface area contributed by atoms with Crippen molar-refractivity contribution in [1.29, 1.82) is 0 Å². The summed E-state index contributed by atoms with van der Waals surface area (Å²) in [5.74, 6) is 2.31. The minimum absolute atomic E-state index is 0.00993. The van der Waals surface area contributed by atoms with E-state index in [1.54, 1.807) is 30.8 Å². The van der Waals surface area contributed by atoms with Gasteiger partial charge in [-0.05, 0) is 43.5 Å². The molecule has 8 heteroatoms. The molecule has 2 saturated heterocycles. The third-order valence-corrected chi connectivity index (χ3v) is 6.61. The number of aliphatic imine (C=N–C) groups is 1. The number of nitrogens with one attached hydrogen (secondary N) is 1. The molecule has 0 radical (unpaired) electrons. The van der Waals surface area contributed by atoms with Crippen LogP contribution in [-0.2, 0) is 9.53 Å². The number of piperidine rings is 1. The van der Waals surface area contributed by atoms with Gasteiger partial charge in [0.1, 0.15) is 6.54 Å². The quantitative estimate of drug-likeness (QED) is 0.320. The highest BCUT2D eigenvalue weighted by molar-refractivity contribution is 7.99. The third-order valence-electron chi connectivity index (χ3n) is 5.35. The molecule has 2 fully saturated rings. The molecule has 1 amide bonds. The SMILES string of the molecule is CN(C)C(=O)CN=C(NCCSc1ccc(Cl)cc1)N1CCC2OCCCC2C1. The van der Waals surface area contributed by atoms with E-state index in [4.69, 9.17) is 16.3 Å². The first-order valence-corrected chi connectivity index (χ1v) is 11.6. The molecule has 0 saturated carbocycles. The Morgan fingerprint density at radius 1 is 1.34 bits per heavy atom. The molecule has 160 valence electrons. The van der Waals surface area contributed by atoms with Gasteiger partial charge in [0.15, 0.2) is 5.96 Å². The largest absolute Gasteiger partial charge is 0.378 e. The van der Waals surface area contributed by atoms with Crippen LogP contribution < -0.4 is 5.32 Å². The second kappa shape index (κ2) is 11.1. The number of hydrogen-bond donors (Lipinski definition) is 1. The molecule has 2 aliphatic rings. The van der Waals surface area contributed by atoms with Crippen molar-refractivity contribution in [2.24, 2.45) is 10.9 Å². The summed E-state index contributed by atoms with van der Waals surface area (Å²) < 4.78 is 5.94. The second-order valence-electron chi connectivity index (χ2n) is 7.70. The Kier molecular flexibility index (Phi) is 8.51. The lowest BCUT2D eigenvalue weighted by molar-refractivity contribution is -0.127. The number of likely N-dealkylation sites (N-methyl/N-ethyl adjacent to an activating group) is 1. The van der Waals surface area contributed by atoms with Crippen LogP contribution >= 0.6 is 23.4 Å². The van der Waals surface area contributed by atoms with Crippen molar-refractivity contribution in [3.05, 3.63) is 29.3 Å². The molecule has 2 unspecified atom stereocenters. The number of rotatable bonds is 6. The highest BCUT2D eigenvalue weighted by Crippen LogP contribution is 2.28. The van der Waals surface area contributed by atoms with Crippen LogP contribution in [0.3, 0.4) is 0 Å². The van der Waals surface area contributed by atoms with Crippen LogP contribution in [0.15, 0.2) is 34.2 Å². The second-order valence-corrected chi connectivity index (χ2v) is 9.31. The summed E-state index contributed by atoms with van der Waals surface area (Å²) in [6, 6.07) is 7.89. The van der Waals surface area contributed by atoms with Gasteiger partial charge in [0, 0.05) is 61.9 Å². The molecule has 0 aliphatic carbocycles. The lowest BCUT2D eigenvalue weighted by atomic mass is 9.88. The predicted molar refractivity (Wildman–Crippen MR) is 120 cm³/mol. The summed E-state index contributed by atoms with van der Waals surface area (Å²) >= 11 is 7.72. The first-order chi connectivity index (χ1) is 14.0. The number of guanidine groups is 1. The molecule has 2 atom stereocenters. The first-order valence-electron chi connectivity index (χ1n) is 10.3. The Morgan fingerprint density at radius 2 is 2.14 bits per heavy atom. The van der Waals surface area contributed by atoms with E-state index in [0.717, 1.165) is 55.8 Å². The third kappa shape index (κ3) is 6.79. The van der Waals surface area contributed by atoms with E-state index in [9.17, 15) is 4.79 Å². The van der Waals surface area contributed by atoms with Crippen LogP contribution in [0.1, 0.15) is 19.3 Å². The van der Waals surface area contributed by atoms with Crippen molar-refractivity contribution in [2.75, 3.05) is 52.6 Å². The van der Waals surface area contributed by atoms with Crippen molar-refractivity contribution in [1.82, 2.24) is 15.1 Å². The van der Waals surface area contributed by atoms with Crippen molar-refractivity contribution in [2.45, 2.75) is 30.3 Å². The fraction of sp³-hybridized carbons (Fsp3) is 0.619. The maximum Gasteiger partial charge on any atom is 0.243 e. The number of ether oxygens (including phenoxy) is 1. The zero-order chi connectivity index (χ0) is 20.6. The van der Waals surface area contributed by atoms with E-state index in [2.05, 4.69) is 15.2 Å². The molecule has 0 aromatic heterocycles. The first kappa shape index (κ1) is 22.2. The minimum atomic E-state index is 0.00993. The van der Waals surface area contributed by atoms with Crippen LogP contribution in [0.2, 0.25) is 5.02 Å². The lowest BCUT2D eigenvalue weighted by Crippen LogP contribution is -2.52.